The second-order valence-electron chi connectivity index (χ2n) is 8.19. The van der Waals surface area contributed by atoms with Crippen LogP contribution in [-0.4, -0.2) is 57.8 Å². The number of nitrogens with one attached hydrogen (secondary N) is 3. The van der Waals surface area contributed by atoms with Crippen LogP contribution in [0.25, 0.3) is 21.8 Å². The summed E-state index contributed by atoms with van der Waals surface area (Å²) in [4.78, 5) is 38.4. The van der Waals surface area contributed by atoms with E-state index in [1.54, 1.807) is 31.2 Å². The van der Waals surface area contributed by atoms with Gasteiger partial charge >= 0.3 is 11.9 Å². The molecule has 1 aliphatic rings. The Labute approximate surface area is 205 Å². The first kappa shape index (κ1) is 24.7. The minimum Gasteiger partial charge on any atom is -0.477 e. The standard InChI is InChI=1S/C14H16N2O3.C11H10N2O4/c17-14(18)12-8-9-2-1-3-11(13(9)16-12)15-10-4-6-19-7-5-10;1-2-17-11(14)8-6-7-4-3-5-9(13(15)16)10(7)12-8/h1-3,8,10,15-16H,4-7H2,(H,17,18);3-6,12H,2H2,1H3. The average molecular weight is 495 g/mol. The molecule has 2 aromatic heterocycles. The summed E-state index contributed by atoms with van der Waals surface area (Å²) in [7, 11) is 0. The number of fused-ring (bicyclic) bond motifs is 2. The third kappa shape index (κ3) is 5.47. The zero-order valence-electron chi connectivity index (χ0n) is 19.6. The van der Waals surface area contributed by atoms with Gasteiger partial charge in [-0.05, 0) is 38.0 Å². The molecule has 1 saturated heterocycles. The molecule has 0 atom stereocenters. The van der Waals surface area contributed by atoms with Crippen LogP contribution >= 0.6 is 0 Å². The van der Waals surface area contributed by atoms with Gasteiger partial charge in [0, 0.05) is 36.1 Å². The van der Waals surface area contributed by atoms with Gasteiger partial charge in [-0.1, -0.05) is 24.3 Å². The van der Waals surface area contributed by atoms with Gasteiger partial charge in [0.1, 0.15) is 16.9 Å². The van der Waals surface area contributed by atoms with Crippen LogP contribution in [0.3, 0.4) is 0 Å². The van der Waals surface area contributed by atoms with E-state index in [1.165, 1.54) is 6.07 Å². The van der Waals surface area contributed by atoms with Gasteiger partial charge in [0.15, 0.2) is 0 Å². The summed E-state index contributed by atoms with van der Waals surface area (Å²) < 4.78 is 10.2. The van der Waals surface area contributed by atoms with Crippen molar-refractivity contribution in [3.05, 3.63) is 70.0 Å². The fourth-order valence-electron chi connectivity index (χ4n) is 4.06. The van der Waals surface area contributed by atoms with Crippen molar-refractivity contribution in [2.75, 3.05) is 25.1 Å². The van der Waals surface area contributed by atoms with Gasteiger partial charge in [-0.25, -0.2) is 9.59 Å². The van der Waals surface area contributed by atoms with Gasteiger partial charge in [-0.3, -0.25) is 10.1 Å². The van der Waals surface area contributed by atoms with E-state index < -0.39 is 16.9 Å². The molecular formula is C25H26N4O7. The number of nitro groups is 1. The van der Waals surface area contributed by atoms with Gasteiger partial charge < -0.3 is 29.9 Å². The van der Waals surface area contributed by atoms with Crippen LogP contribution in [0.4, 0.5) is 11.4 Å². The van der Waals surface area contributed by atoms with Crippen LogP contribution in [0.15, 0.2) is 48.5 Å². The number of hydrogen-bond donors (Lipinski definition) is 4. The molecule has 1 fully saturated rings. The highest BCUT2D eigenvalue weighted by Crippen LogP contribution is 2.27. The van der Waals surface area contributed by atoms with Crippen LogP contribution in [0.5, 0.6) is 0 Å². The zero-order chi connectivity index (χ0) is 25.7. The van der Waals surface area contributed by atoms with Gasteiger partial charge in [-0.15, -0.1) is 0 Å². The van der Waals surface area contributed by atoms with Crippen molar-refractivity contribution in [1.29, 1.82) is 0 Å². The molecule has 0 radical (unpaired) electrons. The summed E-state index contributed by atoms with van der Waals surface area (Å²) in [6.07, 6.45) is 1.95. The van der Waals surface area contributed by atoms with Crippen molar-refractivity contribution in [3.63, 3.8) is 0 Å². The number of rotatable bonds is 6. The molecular weight excluding hydrogens is 468 g/mol. The van der Waals surface area contributed by atoms with E-state index in [-0.39, 0.29) is 23.7 Å². The molecule has 5 rings (SSSR count). The molecule has 0 spiro atoms. The number of H-pyrrole nitrogens is 2. The third-order valence-corrected chi connectivity index (χ3v) is 5.79. The summed E-state index contributed by atoms with van der Waals surface area (Å²) >= 11 is 0. The van der Waals surface area contributed by atoms with E-state index in [0.717, 1.165) is 42.6 Å². The monoisotopic (exact) mass is 494 g/mol. The lowest BCUT2D eigenvalue weighted by Crippen LogP contribution is -2.27. The molecule has 188 valence electrons. The number of non-ortho nitro benzene ring substituents is 1. The number of carbonyl (C=O) groups excluding carboxylic acids is 1. The van der Waals surface area contributed by atoms with Crippen molar-refractivity contribution < 1.29 is 29.1 Å². The van der Waals surface area contributed by atoms with E-state index in [4.69, 9.17) is 14.6 Å². The summed E-state index contributed by atoms with van der Waals surface area (Å²) in [6.45, 7) is 3.51. The SMILES string of the molecule is CCOC(=O)c1cc2cccc([N+](=O)[O-])c2[nH]1.O=C(O)c1cc2cccc(NC3CCOCC3)c2[nH]1. The first-order valence-electron chi connectivity index (χ1n) is 11.5. The molecule has 0 saturated carbocycles. The Bertz CT molecular complexity index is 1400. The number of carboxylic acids is 1. The number of ether oxygens (including phenoxy) is 2. The third-order valence-electron chi connectivity index (χ3n) is 5.79. The lowest BCUT2D eigenvalue weighted by Gasteiger charge is -2.24. The summed E-state index contributed by atoms with van der Waals surface area (Å²) in [5, 5.41) is 24.8. The number of carbonyl (C=O) groups is 2. The topological polar surface area (TPSA) is 160 Å². The van der Waals surface area contributed by atoms with E-state index in [1.807, 2.05) is 18.2 Å². The maximum absolute atomic E-state index is 11.5. The number of aromatic amines is 2. The van der Waals surface area contributed by atoms with Gasteiger partial charge in [-0.2, -0.15) is 0 Å². The molecule has 11 nitrogen and oxygen atoms in total. The molecule has 36 heavy (non-hydrogen) atoms. The maximum atomic E-state index is 11.5. The molecule has 0 unspecified atom stereocenters. The molecule has 0 bridgehead atoms. The summed E-state index contributed by atoms with van der Waals surface area (Å²) in [5.41, 5.74) is 2.52. The molecule has 0 amide bonds. The maximum Gasteiger partial charge on any atom is 0.354 e. The number of para-hydroxylation sites is 2. The smallest absolute Gasteiger partial charge is 0.354 e. The van der Waals surface area contributed by atoms with Crippen molar-refractivity contribution in [2.45, 2.75) is 25.8 Å². The fourth-order valence-corrected chi connectivity index (χ4v) is 4.06. The highest BCUT2D eigenvalue weighted by atomic mass is 16.6. The zero-order valence-corrected chi connectivity index (χ0v) is 19.6. The van der Waals surface area contributed by atoms with E-state index in [9.17, 15) is 19.7 Å². The second kappa shape index (κ2) is 10.9. The lowest BCUT2D eigenvalue weighted by atomic mass is 10.1. The molecule has 0 aliphatic carbocycles. The predicted molar refractivity (Wildman–Crippen MR) is 134 cm³/mol. The minimum atomic E-state index is -0.937. The number of esters is 1. The van der Waals surface area contributed by atoms with Crippen molar-refractivity contribution in [2.24, 2.45) is 0 Å². The van der Waals surface area contributed by atoms with Crippen LogP contribution in [0.2, 0.25) is 0 Å². The average Bonchev–Trinajstić information content (AvgIpc) is 3.50. The summed E-state index contributed by atoms with van der Waals surface area (Å²) in [5.74, 6) is -1.45. The second-order valence-corrected chi connectivity index (χ2v) is 8.19. The quantitative estimate of drug-likeness (QED) is 0.170. The highest BCUT2D eigenvalue weighted by molar-refractivity contribution is 5.99. The number of anilines is 1. The van der Waals surface area contributed by atoms with Crippen LogP contribution < -0.4 is 5.32 Å². The number of benzene rings is 2. The van der Waals surface area contributed by atoms with Gasteiger partial charge in [0.2, 0.25) is 0 Å². The molecule has 1 aliphatic heterocycles. The number of carboxylic acid groups (broad SMARTS) is 1. The number of aromatic nitrogens is 2. The van der Waals surface area contributed by atoms with Gasteiger partial charge in [0.25, 0.3) is 5.69 Å². The Morgan fingerprint density at radius 2 is 1.72 bits per heavy atom. The fraction of sp³-hybridized carbons (Fsp3) is 0.280. The van der Waals surface area contributed by atoms with Crippen molar-refractivity contribution in [1.82, 2.24) is 9.97 Å². The molecule has 4 aromatic rings. The van der Waals surface area contributed by atoms with Crippen LogP contribution in [0.1, 0.15) is 40.7 Å². The molecule has 11 heteroatoms. The summed E-state index contributed by atoms with van der Waals surface area (Å²) in [6, 6.07) is 14.1. The number of hydrogen-bond acceptors (Lipinski definition) is 7. The molecule has 3 heterocycles. The Kier molecular flexibility index (Phi) is 7.50. The first-order chi connectivity index (χ1) is 17.4. The normalized spacial score (nSPS) is 13.7. The van der Waals surface area contributed by atoms with Gasteiger partial charge in [0.05, 0.1) is 22.7 Å². The van der Waals surface area contributed by atoms with Crippen LogP contribution in [-0.2, 0) is 9.47 Å². The Hall–Kier alpha value is -4.38. The molecule has 2 aromatic carbocycles. The van der Waals surface area contributed by atoms with Crippen molar-refractivity contribution in [3.8, 4) is 0 Å². The number of nitrogens with zero attached hydrogens (tertiary/aromatic N) is 1. The first-order valence-corrected chi connectivity index (χ1v) is 11.5. The predicted octanol–water partition coefficient (Wildman–Crippen LogP) is 4.71. The van der Waals surface area contributed by atoms with Crippen molar-refractivity contribution >= 4 is 45.1 Å². The van der Waals surface area contributed by atoms with E-state index in [2.05, 4.69) is 15.3 Å². The van der Waals surface area contributed by atoms with E-state index >= 15 is 0 Å². The molecule has 4 N–H and O–H groups in total. The Morgan fingerprint density at radius 3 is 2.39 bits per heavy atom. The number of aromatic carboxylic acids is 1. The largest absolute Gasteiger partial charge is 0.477 e. The Morgan fingerprint density at radius 1 is 1.08 bits per heavy atom. The highest BCUT2D eigenvalue weighted by Gasteiger charge is 2.18. The van der Waals surface area contributed by atoms with Crippen LogP contribution in [0, 0.1) is 10.1 Å². The number of nitro benzene ring substituents is 1. The van der Waals surface area contributed by atoms with E-state index in [0.29, 0.717) is 16.9 Å². The lowest BCUT2D eigenvalue weighted by molar-refractivity contribution is -0.383. The Balaban J connectivity index is 0.000000170. The minimum absolute atomic E-state index is 0.0574.